The molecule has 0 fully saturated rings. The zero-order valence-corrected chi connectivity index (χ0v) is 26.2. The van der Waals surface area contributed by atoms with Gasteiger partial charge in [-0.2, -0.15) is 0 Å². The van der Waals surface area contributed by atoms with Crippen molar-refractivity contribution >= 4 is 33.2 Å². The molecule has 2 heterocycles. The lowest BCUT2D eigenvalue weighted by atomic mass is 9.95. The number of hydrogen-bond acceptors (Lipinski definition) is 1. The van der Waals surface area contributed by atoms with E-state index in [1.165, 1.54) is 77.8 Å². The minimum absolute atomic E-state index is 1.04. The van der Waals surface area contributed by atoms with Gasteiger partial charge in [0.2, 0.25) is 0 Å². The highest BCUT2D eigenvalue weighted by molar-refractivity contribution is 6.09. The Balaban J connectivity index is 0.949. The summed E-state index contributed by atoms with van der Waals surface area (Å²) in [6.45, 7) is 1.04. The van der Waals surface area contributed by atoms with Crippen molar-refractivity contribution in [2.75, 3.05) is 11.4 Å². The van der Waals surface area contributed by atoms with Crippen molar-refractivity contribution in [2.24, 2.45) is 0 Å². The molecule has 0 unspecified atom stereocenters. The SMILES string of the molecule is c1ccc(-c2ccc3c(c2)CCCN3c2ccc(-c3ccc(-c4ccc(-n5c6ccccc6c6ccccc65)cc4)cc3)cc2)cc1. The molecule has 2 heteroatoms. The van der Waals surface area contributed by atoms with Crippen LogP contribution >= 0.6 is 0 Å². The molecule has 0 saturated carbocycles. The zero-order chi connectivity index (χ0) is 31.2. The van der Waals surface area contributed by atoms with Crippen LogP contribution in [0.25, 0.3) is 60.9 Å². The van der Waals surface area contributed by atoms with Gasteiger partial charge in [-0.1, -0.05) is 121 Å². The van der Waals surface area contributed by atoms with Crippen molar-refractivity contribution in [3.05, 3.63) is 175 Å². The molecule has 2 nitrogen and oxygen atoms in total. The predicted octanol–water partition coefficient (Wildman–Crippen LogP) is 11.9. The maximum atomic E-state index is 2.48. The average molecular weight is 603 g/mol. The van der Waals surface area contributed by atoms with Gasteiger partial charge in [0.1, 0.15) is 0 Å². The van der Waals surface area contributed by atoms with Crippen LogP contribution in [-0.4, -0.2) is 11.1 Å². The van der Waals surface area contributed by atoms with Crippen LogP contribution < -0.4 is 4.90 Å². The second-order valence-corrected chi connectivity index (χ2v) is 12.5. The Morgan fingerprint density at radius 1 is 0.383 bits per heavy atom. The van der Waals surface area contributed by atoms with Gasteiger partial charge in [-0.05, 0) is 100 Å². The standard InChI is InChI=1S/C45H34N2/c1-2-9-32(10-3-1)37-24-29-43-38(31-37)11-8-30-46(43)39-25-20-35(21-26-39)33-16-18-34(19-17-33)36-22-27-40(28-23-36)47-44-14-6-4-12-41(44)42-13-5-7-15-45(42)47/h1-7,9-10,12-29,31H,8,11,30H2. The average Bonchev–Trinajstić information content (AvgIpc) is 3.49. The van der Waals surface area contributed by atoms with Crippen LogP contribution in [0.3, 0.4) is 0 Å². The molecule has 0 saturated heterocycles. The van der Waals surface area contributed by atoms with E-state index in [-0.39, 0.29) is 0 Å². The Kier molecular flexibility index (Phi) is 6.71. The van der Waals surface area contributed by atoms with E-state index in [1.54, 1.807) is 0 Å². The Morgan fingerprint density at radius 3 is 1.45 bits per heavy atom. The predicted molar refractivity (Wildman–Crippen MR) is 199 cm³/mol. The third kappa shape index (κ3) is 4.90. The van der Waals surface area contributed by atoms with Gasteiger partial charge in [-0.3, -0.25) is 0 Å². The molecule has 0 amide bonds. The highest BCUT2D eigenvalue weighted by Crippen LogP contribution is 2.37. The molecule has 0 spiro atoms. The molecule has 0 radical (unpaired) electrons. The van der Waals surface area contributed by atoms with Crippen LogP contribution in [0.4, 0.5) is 11.4 Å². The van der Waals surface area contributed by atoms with Crippen LogP contribution in [0.2, 0.25) is 0 Å². The number of aromatic nitrogens is 1. The number of nitrogens with zero attached hydrogens (tertiary/aromatic N) is 2. The number of anilines is 2. The van der Waals surface area contributed by atoms with Crippen LogP contribution in [-0.2, 0) is 6.42 Å². The second kappa shape index (κ2) is 11.5. The van der Waals surface area contributed by atoms with Crippen LogP contribution in [0.15, 0.2) is 170 Å². The first-order chi connectivity index (χ1) is 23.3. The topological polar surface area (TPSA) is 8.17 Å². The van der Waals surface area contributed by atoms with Crippen LogP contribution in [0, 0.1) is 0 Å². The molecule has 1 aliphatic heterocycles. The first-order valence-electron chi connectivity index (χ1n) is 16.6. The highest BCUT2D eigenvalue weighted by Gasteiger charge is 2.19. The summed E-state index contributed by atoms with van der Waals surface area (Å²) < 4.78 is 2.37. The number of para-hydroxylation sites is 2. The van der Waals surface area contributed by atoms with Crippen molar-refractivity contribution in [1.82, 2.24) is 4.57 Å². The van der Waals surface area contributed by atoms with Gasteiger partial charge in [0.15, 0.2) is 0 Å². The molecule has 0 bridgehead atoms. The molecule has 0 N–H and O–H groups in total. The fraction of sp³-hybridized carbons (Fsp3) is 0.0667. The van der Waals surface area contributed by atoms with Crippen molar-refractivity contribution < 1.29 is 0 Å². The van der Waals surface area contributed by atoms with Gasteiger partial charge in [-0.25, -0.2) is 0 Å². The number of aryl methyl sites for hydroxylation is 1. The van der Waals surface area contributed by atoms with Gasteiger partial charge in [0, 0.05) is 34.4 Å². The van der Waals surface area contributed by atoms with E-state index < -0.39 is 0 Å². The maximum absolute atomic E-state index is 2.48. The molecular weight excluding hydrogens is 569 g/mol. The lowest BCUT2D eigenvalue weighted by molar-refractivity contribution is 0.767. The first-order valence-corrected chi connectivity index (χ1v) is 16.6. The maximum Gasteiger partial charge on any atom is 0.0541 e. The number of hydrogen-bond donors (Lipinski definition) is 0. The van der Waals surface area contributed by atoms with Gasteiger partial charge < -0.3 is 9.47 Å². The summed E-state index contributed by atoms with van der Waals surface area (Å²) in [6.07, 6.45) is 2.29. The third-order valence-electron chi connectivity index (χ3n) is 9.74. The minimum Gasteiger partial charge on any atom is -0.341 e. The Hall–Kier alpha value is -5.86. The molecule has 47 heavy (non-hydrogen) atoms. The molecule has 0 aliphatic carbocycles. The van der Waals surface area contributed by atoms with Crippen LogP contribution in [0.1, 0.15) is 12.0 Å². The molecule has 0 atom stereocenters. The smallest absolute Gasteiger partial charge is 0.0541 e. The van der Waals surface area contributed by atoms with Gasteiger partial charge in [0.05, 0.1) is 11.0 Å². The normalized spacial score (nSPS) is 12.8. The van der Waals surface area contributed by atoms with E-state index >= 15 is 0 Å². The summed E-state index contributed by atoms with van der Waals surface area (Å²) in [7, 11) is 0. The van der Waals surface area contributed by atoms with Gasteiger partial charge in [0.25, 0.3) is 0 Å². The van der Waals surface area contributed by atoms with E-state index in [9.17, 15) is 0 Å². The lowest BCUT2D eigenvalue weighted by Crippen LogP contribution is -2.24. The van der Waals surface area contributed by atoms with E-state index in [0.717, 1.165) is 19.4 Å². The fourth-order valence-corrected chi connectivity index (χ4v) is 7.37. The fourth-order valence-electron chi connectivity index (χ4n) is 7.37. The largest absolute Gasteiger partial charge is 0.341 e. The third-order valence-corrected chi connectivity index (χ3v) is 9.74. The lowest BCUT2D eigenvalue weighted by Gasteiger charge is -2.32. The van der Waals surface area contributed by atoms with Crippen molar-refractivity contribution in [1.29, 1.82) is 0 Å². The number of benzene rings is 7. The first kappa shape index (κ1) is 27.5. The second-order valence-electron chi connectivity index (χ2n) is 12.5. The summed E-state index contributed by atoms with van der Waals surface area (Å²) in [6, 6.07) is 62.0. The monoisotopic (exact) mass is 602 g/mol. The van der Waals surface area contributed by atoms with E-state index in [1.807, 2.05) is 0 Å². The van der Waals surface area contributed by atoms with Crippen molar-refractivity contribution in [2.45, 2.75) is 12.8 Å². The number of rotatable bonds is 5. The van der Waals surface area contributed by atoms with E-state index in [0.29, 0.717) is 0 Å². The summed E-state index contributed by atoms with van der Waals surface area (Å²) in [4.78, 5) is 2.48. The highest BCUT2D eigenvalue weighted by atomic mass is 15.1. The summed E-state index contributed by atoms with van der Waals surface area (Å²) >= 11 is 0. The Morgan fingerprint density at radius 2 is 0.851 bits per heavy atom. The number of fused-ring (bicyclic) bond motifs is 4. The minimum atomic E-state index is 1.04. The molecule has 1 aliphatic rings. The van der Waals surface area contributed by atoms with Gasteiger partial charge in [-0.15, -0.1) is 0 Å². The zero-order valence-electron chi connectivity index (χ0n) is 26.2. The van der Waals surface area contributed by atoms with Crippen molar-refractivity contribution in [3.8, 4) is 39.1 Å². The molecule has 1 aromatic heterocycles. The molecule has 224 valence electrons. The Labute approximate surface area is 275 Å². The molecule has 7 aromatic carbocycles. The Bertz CT molecular complexity index is 2290. The van der Waals surface area contributed by atoms with E-state index in [4.69, 9.17) is 0 Å². The van der Waals surface area contributed by atoms with Crippen molar-refractivity contribution in [3.63, 3.8) is 0 Å². The summed E-state index contributed by atoms with van der Waals surface area (Å²) in [5.74, 6) is 0. The molecule has 9 rings (SSSR count). The molecular formula is C45H34N2. The van der Waals surface area contributed by atoms with Crippen LogP contribution in [0.5, 0.6) is 0 Å². The van der Waals surface area contributed by atoms with E-state index in [2.05, 4.69) is 179 Å². The van der Waals surface area contributed by atoms with Gasteiger partial charge >= 0.3 is 0 Å². The quantitative estimate of drug-likeness (QED) is 0.190. The molecule has 8 aromatic rings. The summed E-state index contributed by atoms with van der Waals surface area (Å²) in [5, 5.41) is 2.57. The summed E-state index contributed by atoms with van der Waals surface area (Å²) in [5.41, 5.74) is 15.1.